The molecule has 0 bridgehead atoms. The summed E-state index contributed by atoms with van der Waals surface area (Å²) < 4.78 is 6.19. The van der Waals surface area contributed by atoms with Crippen molar-refractivity contribution in [3.05, 3.63) is 0 Å². The van der Waals surface area contributed by atoms with E-state index in [9.17, 15) is 0 Å². The predicted molar refractivity (Wildman–Crippen MR) is 99.3 cm³/mol. The molecule has 3 rings (SSSR count). The fourth-order valence-electron chi connectivity index (χ4n) is 3.76. The Kier molecular flexibility index (Phi) is 8.33. The first-order chi connectivity index (χ1) is 11.7. The molecule has 1 unspecified atom stereocenters. The zero-order valence-corrected chi connectivity index (χ0v) is 16.2. The molecule has 140 valence electrons. The molecule has 5 nitrogen and oxygen atoms in total. The fourth-order valence-corrected chi connectivity index (χ4v) is 3.76. The fraction of sp³-hybridized carbons (Fsp3) is 0.947. The van der Waals surface area contributed by atoms with E-state index in [1.165, 1.54) is 32.4 Å². The first kappa shape index (κ1) is 19.5. The van der Waals surface area contributed by atoms with Gasteiger partial charge in [-0.25, -0.2) is 0 Å². The van der Waals surface area contributed by atoms with Crippen LogP contribution in [0, 0.1) is 5.92 Å². The van der Waals surface area contributed by atoms with Crippen LogP contribution in [0.1, 0.15) is 59.8 Å². The Morgan fingerprint density at radius 1 is 1.04 bits per heavy atom. The topological polar surface area (TPSA) is 37.3 Å². The van der Waals surface area contributed by atoms with Gasteiger partial charge in [0.2, 0.25) is 5.90 Å². The van der Waals surface area contributed by atoms with Gasteiger partial charge in [0, 0.05) is 18.5 Å². The van der Waals surface area contributed by atoms with Gasteiger partial charge in [0.25, 0.3) is 0 Å². The Balaban J connectivity index is 0.00000100. The standard InChI is InChI=1S/C17H31N3O2.C2H6/c1-14(2)20-10-6-15(7-11-20)17-18-21-13-16(22-17)12-19-8-4-3-5-9-19;1-2/h14-16H,3-13H2,1-2H3;1-2H3. The molecule has 0 N–H and O–H groups in total. The Hall–Kier alpha value is -0.810. The van der Waals surface area contributed by atoms with Gasteiger partial charge in [0.1, 0.15) is 6.10 Å². The van der Waals surface area contributed by atoms with Crippen LogP contribution in [-0.2, 0) is 9.57 Å². The third kappa shape index (κ3) is 5.62. The summed E-state index contributed by atoms with van der Waals surface area (Å²) in [5.41, 5.74) is 0. The Morgan fingerprint density at radius 3 is 2.33 bits per heavy atom. The van der Waals surface area contributed by atoms with Crippen molar-refractivity contribution < 1.29 is 9.57 Å². The highest BCUT2D eigenvalue weighted by Crippen LogP contribution is 2.23. The zero-order valence-electron chi connectivity index (χ0n) is 16.2. The molecule has 2 fully saturated rings. The largest absolute Gasteiger partial charge is 0.470 e. The van der Waals surface area contributed by atoms with Crippen molar-refractivity contribution in [2.24, 2.45) is 11.1 Å². The van der Waals surface area contributed by atoms with E-state index in [1.54, 1.807) is 0 Å². The van der Waals surface area contributed by atoms with Gasteiger partial charge in [-0.05, 0) is 65.7 Å². The summed E-state index contributed by atoms with van der Waals surface area (Å²) in [5, 5.41) is 4.22. The third-order valence-corrected chi connectivity index (χ3v) is 5.22. The average molecular weight is 340 g/mol. The zero-order chi connectivity index (χ0) is 17.4. The maximum atomic E-state index is 6.19. The molecule has 3 heterocycles. The van der Waals surface area contributed by atoms with E-state index in [0.29, 0.717) is 18.6 Å². The lowest BCUT2D eigenvalue weighted by molar-refractivity contribution is -0.0180. The molecule has 0 amide bonds. The van der Waals surface area contributed by atoms with Gasteiger partial charge in [-0.15, -0.1) is 0 Å². The Morgan fingerprint density at radius 2 is 1.71 bits per heavy atom. The maximum Gasteiger partial charge on any atom is 0.229 e. The molecule has 0 aliphatic carbocycles. The van der Waals surface area contributed by atoms with Crippen LogP contribution in [0.15, 0.2) is 5.16 Å². The lowest BCUT2D eigenvalue weighted by Gasteiger charge is -2.37. The van der Waals surface area contributed by atoms with E-state index in [4.69, 9.17) is 9.57 Å². The number of piperidine rings is 2. The van der Waals surface area contributed by atoms with Gasteiger partial charge in [-0.1, -0.05) is 25.4 Å². The highest BCUT2D eigenvalue weighted by atomic mass is 16.7. The van der Waals surface area contributed by atoms with Crippen LogP contribution < -0.4 is 0 Å². The summed E-state index contributed by atoms with van der Waals surface area (Å²) in [6.07, 6.45) is 6.45. The van der Waals surface area contributed by atoms with Crippen LogP contribution in [0.3, 0.4) is 0 Å². The van der Waals surface area contributed by atoms with Crippen molar-refractivity contribution in [2.45, 2.75) is 71.9 Å². The minimum absolute atomic E-state index is 0.161. The third-order valence-electron chi connectivity index (χ3n) is 5.22. The highest BCUT2D eigenvalue weighted by molar-refractivity contribution is 5.78. The molecular weight excluding hydrogens is 302 g/mol. The molecule has 5 heteroatoms. The van der Waals surface area contributed by atoms with Gasteiger partial charge in [0.05, 0.1) is 0 Å². The molecule has 0 spiro atoms. The van der Waals surface area contributed by atoms with Crippen molar-refractivity contribution in [3.63, 3.8) is 0 Å². The molecular formula is C19H37N3O2. The van der Waals surface area contributed by atoms with Crippen molar-refractivity contribution in [1.82, 2.24) is 9.80 Å². The first-order valence-electron chi connectivity index (χ1n) is 10.1. The highest BCUT2D eigenvalue weighted by Gasteiger charge is 2.31. The van der Waals surface area contributed by atoms with E-state index in [1.807, 2.05) is 13.8 Å². The number of ether oxygens (including phenoxy) is 1. The summed E-state index contributed by atoms with van der Waals surface area (Å²) in [6, 6.07) is 0.637. The average Bonchev–Trinajstić information content (AvgIpc) is 2.64. The second-order valence-corrected chi connectivity index (χ2v) is 7.23. The van der Waals surface area contributed by atoms with Crippen molar-refractivity contribution in [1.29, 1.82) is 0 Å². The van der Waals surface area contributed by atoms with E-state index < -0.39 is 0 Å². The van der Waals surface area contributed by atoms with Crippen LogP contribution in [0.5, 0.6) is 0 Å². The molecule has 0 aromatic carbocycles. The second kappa shape index (κ2) is 10.2. The van der Waals surface area contributed by atoms with E-state index >= 15 is 0 Å². The Bertz CT molecular complexity index is 373. The molecule has 0 radical (unpaired) electrons. The number of nitrogens with zero attached hydrogens (tertiary/aromatic N) is 3. The molecule has 2 saturated heterocycles. The lowest BCUT2D eigenvalue weighted by atomic mass is 9.95. The minimum Gasteiger partial charge on any atom is -0.470 e. The van der Waals surface area contributed by atoms with Gasteiger partial charge >= 0.3 is 0 Å². The van der Waals surface area contributed by atoms with Gasteiger partial charge in [-0.2, -0.15) is 0 Å². The van der Waals surface area contributed by atoms with Crippen LogP contribution in [0.4, 0.5) is 0 Å². The van der Waals surface area contributed by atoms with Crippen LogP contribution >= 0.6 is 0 Å². The molecule has 3 aliphatic heterocycles. The van der Waals surface area contributed by atoms with Crippen LogP contribution in [0.25, 0.3) is 0 Å². The lowest BCUT2D eigenvalue weighted by Crippen LogP contribution is -2.45. The number of oxime groups is 1. The monoisotopic (exact) mass is 339 g/mol. The normalized spacial score (nSPS) is 26.9. The van der Waals surface area contributed by atoms with Crippen LogP contribution in [0.2, 0.25) is 0 Å². The number of hydrogen-bond donors (Lipinski definition) is 0. The summed E-state index contributed by atoms with van der Waals surface area (Å²) in [6.45, 7) is 14.8. The van der Waals surface area contributed by atoms with Crippen LogP contribution in [-0.4, -0.2) is 67.2 Å². The van der Waals surface area contributed by atoms with Gasteiger partial charge in [0.15, 0.2) is 6.61 Å². The molecule has 0 aromatic heterocycles. The molecule has 0 saturated carbocycles. The van der Waals surface area contributed by atoms with Crippen molar-refractivity contribution >= 4 is 5.90 Å². The van der Waals surface area contributed by atoms with Crippen molar-refractivity contribution in [3.8, 4) is 0 Å². The van der Waals surface area contributed by atoms with Crippen molar-refractivity contribution in [2.75, 3.05) is 39.3 Å². The predicted octanol–water partition coefficient (Wildman–Crippen LogP) is 3.35. The SMILES string of the molecule is CC.CC(C)N1CCC(C2=NOCC(CN3CCCCC3)O2)CC1. The second-order valence-electron chi connectivity index (χ2n) is 7.23. The number of rotatable bonds is 4. The molecule has 24 heavy (non-hydrogen) atoms. The number of hydrogen-bond acceptors (Lipinski definition) is 5. The maximum absolute atomic E-state index is 6.19. The quantitative estimate of drug-likeness (QED) is 0.787. The first-order valence-corrected chi connectivity index (χ1v) is 10.1. The van der Waals surface area contributed by atoms with E-state index in [-0.39, 0.29) is 6.10 Å². The summed E-state index contributed by atoms with van der Waals surface area (Å²) in [4.78, 5) is 10.5. The molecule has 0 aromatic rings. The van der Waals surface area contributed by atoms with E-state index in [0.717, 1.165) is 38.4 Å². The number of likely N-dealkylation sites (tertiary alicyclic amines) is 2. The minimum atomic E-state index is 0.161. The summed E-state index contributed by atoms with van der Waals surface area (Å²) in [5.74, 6) is 1.30. The smallest absolute Gasteiger partial charge is 0.229 e. The summed E-state index contributed by atoms with van der Waals surface area (Å²) >= 11 is 0. The van der Waals surface area contributed by atoms with E-state index in [2.05, 4.69) is 28.8 Å². The van der Waals surface area contributed by atoms with Gasteiger partial charge < -0.3 is 14.5 Å². The summed E-state index contributed by atoms with van der Waals surface area (Å²) in [7, 11) is 0. The molecule has 1 atom stereocenters. The van der Waals surface area contributed by atoms with Gasteiger partial charge in [-0.3, -0.25) is 4.90 Å². The Labute approximate surface area is 148 Å². The molecule has 3 aliphatic rings.